The lowest BCUT2D eigenvalue weighted by atomic mass is 9.97. The van der Waals surface area contributed by atoms with Gasteiger partial charge in [0.2, 0.25) is 5.91 Å². The van der Waals surface area contributed by atoms with Gasteiger partial charge in [-0.3, -0.25) is 4.79 Å². The van der Waals surface area contributed by atoms with Gasteiger partial charge >= 0.3 is 0 Å². The summed E-state index contributed by atoms with van der Waals surface area (Å²) < 4.78 is 0. The van der Waals surface area contributed by atoms with Crippen molar-refractivity contribution in [1.29, 1.82) is 0 Å². The Morgan fingerprint density at radius 2 is 1.90 bits per heavy atom. The zero-order valence-electron chi connectivity index (χ0n) is 16.9. The van der Waals surface area contributed by atoms with Crippen LogP contribution in [0.25, 0.3) is 11.4 Å². The number of amides is 1. The van der Waals surface area contributed by atoms with E-state index in [4.69, 9.17) is 4.98 Å². The van der Waals surface area contributed by atoms with E-state index in [0.29, 0.717) is 12.4 Å². The summed E-state index contributed by atoms with van der Waals surface area (Å²) in [5.74, 6) is 1.61. The van der Waals surface area contributed by atoms with Crippen molar-refractivity contribution in [3.63, 3.8) is 0 Å². The fraction of sp³-hybridized carbons (Fsp3) is 0.292. The van der Waals surface area contributed by atoms with Crippen molar-refractivity contribution in [1.82, 2.24) is 9.97 Å². The minimum absolute atomic E-state index is 0.0551. The number of carbonyl (C=O) groups is 1. The molecule has 1 aromatic heterocycles. The minimum Gasteiger partial charge on any atom is -0.356 e. The Morgan fingerprint density at radius 3 is 2.69 bits per heavy atom. The van der Waals surface area contributed by atoms with Crippen LogP contribution in [-0.2, 0) is 4.79 Å². The van der Waals surface area contributed by atoms with E-state index in [9.17, 15) is 4.79 Å². The first kappa shape index (κ1) is 19.1. The van der Waals surface area contributed by atoms with Crippen LogP contribution in [0.3, 0.4) is 0 Å². The number of nitrogens with one attached hydrogen (secondary N) is 1. The predicted octanol–water partition coefficient (Wildman–Crippen LogP) is 4.62. The zero-order valence-corrected chi connectivity index (χ0v) is 16.9. The van der Waals surface area contributed by atoms with Gasteiger partial charge in [-0.25, -0.2) is 9.97 Å². The highest BCUT2D eigenvalue weighted by atomic mass is 16.1. The molecule has 1 aliphatic heterocycles. The van der Waals surface area contributed by atoms with E-state index in [1.165, 1.54) is 11.1 Å². The number of anilines is 2. The Morgan fingerprint density at radius 1 is 1.07 bits per heavy atom. The highest BCUT2D eigenvalue weighted by Gasteiger charge is 2.27. The molecule has 0 saturated carbocycles. The molecule has 1 aliphatic rings. The summed E-state index contributed by atoms with van der Waals surface area (Å²) in [6, 6.07) is 17.9. The zero-order chi connectivity index (χ0) is 20.2. The second-order valence-corrected chi connectivity index (χ2v) is 7.68. The molecule has 1 N–H and O–H groups in total. The largest absolute Gasteiger partial charge is 0.356 e. The number of hydrogen-bond acceptors (Lipinski definition) is 4. The Hall–Kier alpha value is -3.21. The van der Waals surface area contributed by atoms with E-state index in [2.05, 4.69) is 29.0 Å². The molecule has 0 bridgehead atoms. The maximum atomic E-state index is 12.9. The molecule has 0 radical (unpaired) electrons. The van der Waals surface area contributed by atoms with Gasteiger partial charge in [-0.1, -0.05) is 36.4 Å². The molecule has 29 heavy (non-hydrogen) atoms. The molecular weight excluding hydrogens is 360 g/mol. The lowest BCUT2D eigenvalue weighted by molar-refractivity contribution is -0.120. The minimum atomic E-state index is -0.0551. The summed E-state index contributed by atoms with van der Waals surface area (Å²) in [5, 5.41) is 3.09. The molecule has 1 fully saturated rings. The van der Waals surface area contributed by atoms with Gasteiger partial charge in [0.05, 0.1) is 5.92 Å². The third-order valence-electron chi connectivity index (χ3n) is 5.56. The maximum absolute atomic E-state index is 12.9. The molecule has 4 rings (SSSR count). The third-order valence-corrected chi connectivity index (χ3v) is 5.56. The van der Waals surface area contributed by atoms with Crippen LogP contribution >= 0.6 is 0 Å². The standard InChI is InChI=1S/C24H26N4O/c1-17-10-11-21(15-18(17)2)26-24(29)20-9-6-14-28(16-20)22-12-13-25-23(27-22)19-7-4-3-5-8-19/h3-5,7-8,10-13,15,20H,6,9,14,16H2,1-2H3,(H,26,29)/t20-/m0/s1. The lowest BCUT2D eigenvalue weighted by Crippen LogP contribution is -2.41. The van der Waals surface area contributed by atoms with Gasteiger partial charge in [0.15, 0.2) is 5.82 Å². The smallest absolute Gasteiger partial charge is 0.229 e. The average molecular weight is 386 g/mol. The van der Waals surface area contributed by atoms with Crippen LogP contribution in [0.1, 0.15) is 24.0 Å². The molecule has 1 amide bonds. The molecule has 0 spiro atoms. The molecule has 2 heterocycles. The van der Waals surface area contributed by atoms with Crippen molar-refractivity contribution < 1.29 is 4.79 Å². The van der Waals surface area contributed by atoms with Crippen molar-refractivity contribution in [3.05, 3.63) is 71.9 Å². The summed E-state index contributed by atoms with van der Waals surface area (Å²) in [7, 11) is 0. The number of piperidine rings is 1. The van der Waals surface area contributed by atoms with Crippen LogP contribution in [0.4, 0.5) is 11.5 Å². The van der Waals surface area contributed by atoms with E-state index < -0.39 is 0 Å². The number of nitrogens with zero attached hydrogens (tertiary/aromatic N) is 3. The average Bonchev–Trinajstić information content (AvgIpc) is 2.77. The van der Waals surface area contributed by atoms with Gasteiger partial charge in [0.1, 0.15) is 5.82 Å². The molecule has 0 aliphatic carbocycles. The van der Waals surface area contributed by atoms with Gasteiger partial charge in [0, 0.05) is 30.5 Å². The summed E-state index contributed by atoms with van der Waals surface area (Å²) in [4.78, 5) is 24.2. The summed E-state index contributed by atoms with van der Waals surface area (Å²) in [6.07, 6.45) is 3.66. The molecule has 5 heteroatoms. The number of rotatable bonds is 4. The molecule has 1 saturated heterocycles. The molecular formula is C24H26N4O. The molecule has 0 unspecified atom stereocenters. The second-order valence-electron chi connectivity index (χ2n) is 7.68. The topological polar surface area (TPSA) is 58.1 Å². The van der Waals surface area contributed by atoms with Gasteiger partial charge < -0.3 is 10.2 Å². The summed E-state index contributed by atoms with van der Waals surface area (Å²) in [5.41, 5.74) is 4.27. The number of hydrogen-bond donors (Lipinski definition) is 1. The van der Waals surface area contributed by atoms with Crippen molar-refractivity contribution in [3.8, 4) is 11.4 Å². The maximum Gasteiger partial charge on any atom is 0.229 e. The first-order chi connectivity index (χ1) is 14.1. The first-order valence-electron chi connectivity index (χ1n) is 10.1. The Bertz CT molecular complexity index is 1000. The third kappa shape index (κ3) is 4.45. The monoisotopic (exact) mass is 386 g/mol. The molecule has 2 aromatic carbocycles. The number of aromatic nitrogens is 2. The second kappa shape index (κ2) is 8.43. The number of carbonyl (C=O) groups excluding carboxylic acids is 1. The van der Waals surface area contributed by atoms with Crippen LogP contribution < -0.4 is 10.2 Å². The molecule has 148 valence electrons. The summed E-state index contributed by atoms with van der Waals surface area (Å²) >= 11 is 0. The fourth-order valence-electron chi connectivity index (χ4n) is 3.71. The van der Waals surface area contributed by atoms with E-state index in [0.717, 1.165) is 36.5 Å². The van der Waals surface area contributed by atoms with Gasteiger partial charge in [0.25, 0.3) is 0 Å². The van der Waals surface area contributed by atoms with Crippen LogP contribution in [0, 0.1) is 19.8 Å². The van der Waals surface area contributed by atoms with Gasteiger partial charge in [-0.15, -0.1) is 0 Å². The fourth-order valence-corrected chi connectivity index (χ4v) is 3.71. The lowest BCUT2D eigenvalue weighted by Gasteiger charge is -2.33. The quantitative estimate of drug-likeness (QED) is 0.711. The van der Waals surface area contributed by atoms with Crippen LogP contribution in [0.2, 0.25) is 0 Å². The predicted molar refractivity (Wildman–Crippen MR) is 117 cm³/mol. The normalized spacial score (nSPS) is 16.5. The van der Waals surface area contributed by atoms with E-state index in [1.807, 2.05) is 54.6 Å². The number of aryl methyl sites for hydroxylation is 2. The molecule has 1 atom stereocenters. The summed E-state index contributed by atoms with van der Waals surface area (Å²) in [6.45, 7) is 5.71. The van der Waals surface area contributed by atoms with E-state index in [-0.39, 0.29) is 11.8 Å². The highest BCUT2D eigenvalue weighted by Crippen LogP contribution is 2.25. The van der Waals surface area contributed by atoms with Crippen molar-refractivity contribution in [2.24, 2.45) is 5.92 Å². The van der Waals surface area contributed by atoms with Crippen molar-refractivity contribution in [2.45, 2.75) is 26.7 Å². The Labute approximate surface area is 171 Å². The number of benzene rings is 2. The Balaban J connectivity index is 1.47. The Kier molecular flexibility index (Phi) is 5.56. The van der Waals surface area contributed by atoms with Crippen LogP contribution in [0.5, 0.6) is 0 Å². The first-order valence-corrected chi connectivity index (χ1v) is 10.1. The van der Waals surface area contributed by atoms with E-state index >= 15 is 0 Å². The van der Waals surface area contributed by atoms with Crippen LogP contribution in [-0.4, -0.2) is 29.0 Å². The van der Waals surface area contributed by atoms with Gasteiger partial charge in [-0.05, 0) is 56.0 Å². The molecule has 5 nitrogen and oxygen atoms in total. The van der Waals surface area contributed by atoms with Crippen molar-refractivity contribution >= 4 is 17.4 Å². The highest BCUT2D eigenvalue weighted by molar-refractivity contribution is 5.93. The molecule has 3 aromatic rings. The van der Waals surface area contributed by atoms with Crippen LogP contribution in [0.15, 0.2) is 60.8 Å². The van der Waals surface area contributed by atoms with Gasteiger partial charge in [-0.2, -0.15) is 0 Å². The van der Waals surface area contributed by atoms with E-state index in [1.54, 1.807) is 6.20 Å². The SMILES string of the molecule is Cc1ccc(NC(=O)[C@H]2CCCN(c3ccnc(-c4ccccc4)n3)C2)cc1C. The van der Waals surface area contributed by atoms with Crippen molar-refractivity contribution in [2.75, 3.05) is 23.3 Å².